The summed E-state index contributed by atoms with van der Waals surface area (Å²) in [5, 5.41) is 13.7. The quantitative estimate of drug-likeness (QED) is 0.257. The summed E-state index contributed by atoms with van der Waals surface area (Å²) in [6.45, 7) is 3.45. The molecule has 10 heteroatoms. The van der Waals surface area contributed by atoms with E-state index < -0.39 is 28.7 Å². The highest BCUT2D eigenvalue weighted by molar-refractivity contribution is 7.13. The maximum absolute atomic E-state index is 12.8. The summed E-state index contributed by atoms with van der Waals surface area (Å²) in [4.78, 5) is 45.4. The first kappa shape index (κ1) is 24.9. The Balaban J connectivity index is 1.77. The van der Waals surface area contributed by atoms with E-state index in [-0.39, 0.29) is 5.69 Å². The van der Waals surface area contributed by atoms with Crippen LogP contribution in [-0.2, 0) is 19.1 Å². The fourth-order valence-electron chi connectivity index (χ4n) is 4.39. The van der Waals surface area contributed by atoms with Crippen molar-refractivity contribution in [3.8, 4) is 21.8 Å². The molecule has 2 atom stereocenters. The van der Waals surface area contributed by atoms with Gasteiger partial charge >= 0.3 is 11.9 Å². The lowest BCUT2D eigenvalue weighted by atomic mass is 9.75. The van der Waals surface area contributed by atoms with Crippen molar-refractivity contribution in [3.63, 3.8) is 0 Å². The number of nitro groups is 1. The van der Waals surface area contributed by atoms with Gasteiger partial charge in [-0.25, -0.2) is 9.78 Å². The zero-order valence-corrected chi connectivity index (χ0v) is 20.9. The van der Waals surface area contributed by atoms with Crippen LogP contribution in [0.25, 0.3) is 21.8 Å². The van der Waals surface area contributed by atoms with E-state index in [1.165, 1.54) is 37.7 Å². The van der Waals surface area contributed by atoms with E-state index in [4.69, 9.17) is 9.47 Å². The highest BCUT2D eigenvalue weighted by atomic mass is 32.1. The molecule has 0 spiro atoms. The van der Waals surface area contributed by atoms with Crippen LogP contribution in [0.15, 0.2) is 70.2 Å². The minimum absolute atomic E-state index is 0.00951. The Bertz CT molecular complexity index is 1420. The third kappa shape index (κ3) is 4.67. The predicted octanol–water partition coefficient (Wildman–Crippen LogP) is 5.18. The topological polar surface area (TPSA) is 121 Å². The summed E-state index contributed by atoms with van der Waals surface area (Å²) in [5.74, 6) is -2.50. The molecule has 1 aromatic heterocycles. The third-order valence-electron chi connectivity index (χ3n) is 6.04. The van der Waals surface area contributed by atoms with E-state index >= 15 is 0 Å². The number of aliphatic imine (C=N–C) groups is 1. The van der Waals surface area contributed by atoms with Gasteiger partial charge in [0, 0.05) is 46.0 Å². The average molecular weight is 506 g/mol. The second-order valence-corrected chi connectivity index (χ2v) is 9.05. The van der Waals surface area contributed by atoms with Gasteiger partial charge in [-0.15, -0.1) is 11.3 Å². The molecule has 0 saturated heterocycles. The van der Waals surface area contributed by atoms with Gasteiger partial charge in [0.05, 0.1) is 30.4 Å². The third-order valence-corrected chi connectivity index (χ3v) is 6.93. The number of benzene rings is 2. The monoisotopic (exact) mass is 505 g/mol. The fourth-order valence-corrected chi connectivity index (χ4v) is 5.21. The first-order valence-corrected chi connectivity index (χ1v) is 11.9. The molecule has 2 unspecified atom stereocenters. The van der Waals surface area contributed by atoms with Crippen molar-refractivity contribution in [2.75, 3.05) is 14.2 Å². The number of allylic oxidation sites excluding steroid dienone is 1. The number of esters is 2. The number of ether oxygens (including phenoxy) is 2. The molecule has 1 aliphatic rings. The van der Waals surface area contributed by atoms with E-state index in [1.807, 2.05) is 29.6 Å². The van der Waals surface area contributed by atoms with Crippen LogP contribution in [-0.4, -0.2) is 41.8 Å². The van der Waals surface area contributed by atoms with E-state index in [0.717, 1.165) is 5.56 Å². The molecule has 0 bridgehead atoms. The molecular formula is C26H23N3O6S. The summed E-state index contributed by atoms with van der Waals surface area (Å²) in [6, 6.07) is 13.7. The van der Waals surface area contributed by atoms with Crippen LogP contribution in [0, 0.1) is 16.0 Å². The molecule has 4 rings (SSSR count). The minimum atomic E-state index is -0.792. The number of hydrogen-bond acceptors (Lipinski definition) is 9. The Morgan fingerprint density at radius 2 is 1.75 bits per heavy atom. The van der Waals surface area contributed by atoms with Gasteiger partial charge in [0.15, 0.2) is 0 Å². The van der Waals surface area contributed by atoms with Gasteiger partial charge in [0.1, 0.15) is 10.9 Å². The fraction of sp³-hybridized carbons (Fsp3) is 0.231. The molecule has 1 aliphatic heterocycles. The highest BCUT2D eigenvalue weighted by Crippen LogP contribution is 2.41. The summed E-state index contributed by atoms with van der Waals surface area (Å²) in [7, 11) is 2.59. The molecule has 0 N–H and O–H groups in total. The first-order valence-electron chi connectivity index (χ1n) is 11.0. The standard InChI is InChI=1S/C26H23N3O6S/c1-14-21(25(30)34-3)23(22(15(2)27-14)26(31)35-4)17-8-5-9-18(11-17)24-28-20(13-36-24)16-7-6-10-19(12-16)29(32)33/h5-13,21,23H,1-4H3. The van der Waals surface area contributed by atoms with Gasteiger partial charge in [-0.3, -0.25) is 19.9 Å². The Labute approximate surface area is 211 Å². The van der Waals surface area contributed by atoms with Gasteiger partial charge in [0.2, 0.25) is 0 Å². The van der Waals surface area contributed by atoms with Gasteiger partial charge < -0.3 is 9.47 Å². The highest BCUT2D eigenvalue weighted by Gasteiger charge is 2.42. The molecule has 9 nitrogen and oxygen atoms in total. The molecule has 2 heterocycles. The molecule has 184 valence electrons. The van der Waals surface area contributed by atoms with Crippen LogP contribution in [0.1, 0.15) is 25.3 Å². The molecule has 36 heavy (non-hydrogen) atoms. The smallest absolute Gasteiger partial charge is 0.336 e. The maximum atomic E-state index is 12.8. The molecule has 3 aromatic rings. The number of hydrogen-bond donors (Lipinski definition) is 0. The lowest BCUT2D eigenvalue weighted by Gasteiger charge is -2.31. The van der Waals surface area contributed by atoms with Crippen LogP contribution < -0.4 is 0 Å². The second-order valence-electron chi connectivity index (χ2n) is 8.19. The normalized spacial score (nSPS) is 17.4. The van der Waals surface area contributed by atoms with E-state index in [2.05, 4.69) is 9.98 Å². The Morgan fingerprint density at radius 3 is 2.44 bits per heavy atom. The van der Waals surface area contributed by atoms with Crippen LogP contribution in [0.5, 0.6) is 0 Å². The molecule has 0 aliphatic carbocycles. The number of rotatable bonds is 6. The van der Waals surface area contributed by atoms with Gasteiger partial charge in [-0.2, -0.15) is 0 Å². The van der Waals surface area contributed by atoms with Gasteiger partial charge in [-0.05, 0) is 25.5 Å². The summed E-state index contributed by atoms with van der Waals surface area (Å²) in [5.41, 5.74) is 4.06. The lowest BCUT2D eigenvalue weighted by Crippen LogP contribution is -2.36. The zero-order chi connectivity index (χ0) is 26.0. The minimum Gasteiger partial charge on any atom is -0.468 e. The van der Waals surface area contributed by atoms with Crippen molar-refractivity contribution >= 4 is 34.7 Å². The number of carbonyl (C=O) groups excluding carboxylic acids is 2. The molecule has 0 fully saturated rings. The first-order chi connectivity index (χ1) is 17.2. The maximum Gasteiger partial charge on any atom is 0.336 e. The van der Waals surface area contributed by atoms with Crippen molar-refractivity contribution in [1.82, 2.24) is 4.98 Å². The number of non-ortho nitro benzene ring substituents is 1. The number of thiazole rings is 1. The summed E-state index contributed by atoms with van der Waals surface area (Å²) >= 11 is 1.39. The predicted molar refractivity (Wildman–Crippen MR) is 136 cm³/mol. The summed E-state index contributed by atoms with van der Waals surface area (Å²) in [6.07, 6.45) is 0. The van der Waals surface area contributed by atoms with E-state index in [0.29, 0.717) is 38.8 Å². The van der Waals surface area contributed by atoms with Crippen molar-refractivity contribution in [1.29, 1.82) is 0 Å². The van der Waals surface area contributed by atoms with Crippen LogP contribution in [0.3, 0.4) is 0 Å². The van der Waals surface area contributed by atoms with Gasteiger partial charge in [0.25, 0.3) is 5.69 Å². The van der Waals surface area contributed by atoms with Crippen molar-refractivity contribution < 1.29 is 24.0 Å². The number of nitro benzene ring substituents is 1. The van der Waals surface area contributed by atoms with Crippen LogP contribution >= 0.6 is 11.3 Å². The molecule has 0 amide bonds. The molecule has 0 radical (unpaired) electrons. The largest absolute Gasteiger partial charge is 0.468 e. The van der Waals surface area contributed by atoms with Crippen molar-refractivity contribution in [3.05, 3.63) is 80.9 Å². The number of methoxy groups -OCH3 is 2. The van der Waals surface area contributed by atoms with Gasteiger partial charge in [-0.1, -0.05) is 30.3 Å². The van der Waals surface area contributed by atoms with Crippen molar-refractivity contribution in [2.45, 2.75) is 19.8 Å². The number of aromatic nitrogens is 1. The van der Waals surface area contributed by atoms with E-state index in [9.17, 15) is 19.7 Å². The van der Waals surface area contributed by atoms with E-state index in [1.54, 1.807) is 26.0 Å². The second kappa shape index (κ2) is 10.2. The molecule has 2 aromatic carbocycles. The SMILES string of the molecule is COC(=O)C1=C(C)N=C(C)C(C(=O)OC)C1c1cccc(-c2nc(-c3cccc([N+](=O)[O-])c3)cs2)c1. The Kier molecular flexibility index (Phi) is 7.07. The number of nitrogens with zero attached hydrogens (tertiary/aromatic N) is 3. The lowest BCUT2D eigenvalue weighted by molar-refractivity contribution is -0.384. The Morgan fingerprint density at radius 1 is 1.03 bits per heavy atom. The zero-order valence-electron chi connectivity index (χ0n) is 20.1. The average Bonchev–Trinajstić information content (AvgIpc) is 3.38. The number of carbonyl (C=O) groups is 2. The van der Waals surface area contributed by atoms with Crippen LogP contribution in [0.2, 0.25) is 0 Å². The summed E-state index contributed by atoms with van der Waals surface area (Å²) < 4.78 is 10.1. The Hall–Kier alpha value is -4.18. The van der Waals surface area contributed by atoms with Crippen molar-refractivity contribution in [2.24, 2.45) is 10.9 Å². The molecular weight excluding hydrogens is 482 g/mol. The molecule has 0 saturated carbocycles. The van der Waals surface area contributed by atoms with Crippen LogP contribution in [0.4, 0.5) is 5.69 Å².